The molecular weight excluding hydrogens is 460 g/mol. The Labute approximate surface area is 222 Å². The summed E-state index contributed by atoms with van der Waals surface area (Å²) in [6.45, 7) is 3.14. The van der Waals surface area contributed by atoms with Crippen LogP contribution in [-0.4, -0.2) is 54.3 Å². The maximum absolute atomic E-state index is 12.9. The van der Waals surface area contributed by atoms with Crippen molar-refractivity contribution in [2.45, 2.75) is 87.7 Å². The Morgan fingerprint density at radius 3 is 2.65 bits per heavy atom. The Kier molecular flexibility index (Phi) is 8.21. The minimum atomic E-state index is -0.299. The van der Waals surface area contributed by atoms with Crippen molar-refractivity contribution < 1.29 is 14.6 Å². The molecule has 0 unspecified atom stereocenters. The normalized spacial score (nSPS) is 28.0. The van der Waals surface area contributed by atoms with Gasteiger partial charge in [-0.3, -0.25) is 4.79 Å². The number of nitrogens with zero attached hydrogens (tertiary/aromatic N) is 1. The molecule has 0 spiro atoms. The van der Waals surface area contributed by atoms with E-state index in [1.54, 1.807) is 6.07 Å². The van der Waals surface area contributed by atoms with Gasteiger partial charge >= 0.3 is 0 Å². The van der Waals surface area contributed by atoms with Crippen molar-refractivity contribution in [2.24, 2.45) is 5.92 Å². The summed E-state index contributed by atoms with van der Waals surface area (Å²) < 4.78 is 6.46. The van der Waals surface area contributed by atoms with Crippen molar-refractivity contribution in [1.29, 1.82) is 0 Å². The van der Waals surface area contributed by atoms with Crippen LogP contribution in [0.5, 0.6) is 5.75 Å². The number of hydrogen-bond donors (Lipinski definition) is 2. The number of piperidine rings is 1. The molecule has 2 N–H and O–H groups in total. The van der Waals surface area contributed by atoms with Gasteiger partial charge in [0.05, 0.1) is 5.60 Å². The van der Waals surface area contributed by atoms with Gasteiger partial charge in [0.15, 0.2) is 0 Å². The first-order valence-electron chi connectivity index (χ1n) is 14.4. The van der Waals surface area contributed by atoms with Crippen molar-refractivity contribution in [2.75, 3.05) is 26.7 Å². The van der Waals surface area contributed by atoms with E-state index >= 15 is 0 Å². The summed E-state index contributed by atoms with van der Waals surface area (Å²) in [5, 5.41) is 13.8. The van der Waals surface area contributed by atoms with Gasteiger partial charge in [0.25, 0.3) is 0 Å². The number of aromatic hydroxyl groups is 1. The maximum atomic E-state index is 12.9. The number of carbonyl (C=O) groups is 1. The number of nitrogens with one attached hydrogen (secondary N) is 1. The van der Waals surface area contributed by atoms with Crippen LogP contribution in [0, 0.1) is 5.92 Å². The van der Waals surface area contributed by atoms with Gasteiger partial charge in [-0.15, -0.1) is 0 Å². The van der Waals surface area contributed by atoms with E-state index in [0.29, 0.717) is 12.2 Å². The second-order valence-corrected chi connectivity index (χ2v) is 11.8. The third-order valence-electron chi connectivity index (χ3n) is 9.28. The van der Waals surface area contributed by atoms with E-state index in [2.05, 4.69) is 46.6 Å². The molecule has 3 fully saturated rings. The van der Waals surface area contributed by atoms with Gasteiger partial charge in [0.1, 0.15) is 5.75 Å². The molecule has 2 aromatic carbocycles. The zero-order valence-corrected chi connectivity index (χ0v) is 22.5. The van der Waals surface area contributed by atoms with Crippen molar-refractivity contribution in [3.05, 3.63) is 65.7 Å². The standard InChI is InChI=1S/C32H44N2O3/c1-37-32-18-17-28(33-30(36)14-7-3-6-11-25-9-4-2-5-10-25)22-31(32,27-12-8-13-29(35)21-27)19-20-34(24-32)23-26-15-16-26/h2,4-5,8-10,12-13,21,26,28,35H,3,6-7,11,14-20,22-24H2,1H3,(H,33,36)/t28-,31+,32+/m1/s1. The number of amides is 1. The SMILES string of the molecule is CO[C@]12CC[C@@H](NC(=O)CCCCCc3ccccc3)C[C@]1(c1cccc(O)c1)CCN(CC1CC1)C2. The highest BCUT2D eigenvalue weighted by atomic mass is 16.5. The van der Waals surface area contributed by atoms with E-state index < -0.39 is 0 Å². The Hall–Kier alpha value is -2.37. The molecule has 3 aliphatic rings. The molecule has 2 saturated carbocycles. The summed E-state index contributed by atoms with van der Waals surface area (Å²) in [6, 6.07) is 18.5. The number of rotatable bonds is 11. The van der Waals surface area contributed by atoms with E-state index in [1.807, 2.05) is 19.2 Å². The number of fused-ring (bicyclic) bond motifs is 1. The molecule has 1 aliphatic heterocycles. The first-order chi connectivity index (χ1) is 18.0. The summed E-state index contributed by atoms with van der Waals surface area (Å²) in [5.41, 5.74) is 2.01. The lowest BCUT2D eigenvalue weighted by Crippen LogP contribution is -2.68. The number of unbranched alkanes of at least 4 members (excludes halogenated alkanes) is 2. The predicted molar refractivity (Wildman–Crippen MR) is 148 cm³/mol. The van der Waals surface area contributed by atoms with E-state index in [1.165, 1.54) is 24.9 Å². The van der Waals surface area contributed by atoms with Gasteiger partial charge in [-0.2, -0.15) is 0 Å². The first kappa shape index (κ1) is 26.2. The summed E-state index contributed by atoms with van der Waals surface area (Å²) in [7, 11) is 1.87. The zero-order valence-electron chi connectivity index (χ0n) is 22.5. The molecule has 0 bridgehead atoms. The number of hydrogen-bond acceptors (Lipinski definition) is 4. The van der Waals surface area contributed by atoms with Gasteiger partial charge in [-0.05, 0) is 93.5 Å². The smallest absolute Gasteiger partial charge is 0.220 e. The maximum Gasteiger partial charge on any atom is 0.220 e. The molecule has 5 rings (SSSR count). The van der Waals surface area contributed by atoms with Crippen LogP contribution in [-0.2, 0) is 21.4 Å². The van der Waals surface area contributed by atoms with Crippen LogP contribution >= 0.6 is 0 Å². The molecule has 2 aliphatic carbocycles. The highest BCUT2D eigenvalue weighted by Gasteiger charge is 2.59. The van der Waals surface area contributed by atoms with E-state index in [-0.39, 0.29) is 23.0 Å². The summed E-state index contributed by atoms with van der Waals surface area (Å²) in [4.78, 5) is 15.5. The number of likely N-dealkylation sites (tertiary alicyclic amines) is 1. The lowest BCUT2D eigenvalue weighted by molar-refractivity contribution is -0.151. The van der Waals surface area contributed by atoms with Gasteiger partial charge < -0.3 is 20.1 Å². The van der Waals surface area contributed by atoms with E-state index in [0.717, 1.165) is 75.9 Å². The van der Waals surface area contributed by atoms with Crippen LogP contribution in [0.2, 0.25) is 0 Å². The Bertz CT molecular complexity index is 1040. The molecule has 1 amide bonds. The van der Waals surface area contributed by atoms with E-state index in [9.17, 15) is 9.90 Å². The van der Waals surface area contributed by atoms with Crippen LogP contribution in [0.3, 0.4) is 0 Å². The Morgan fingerprint density at radius 1 is 1.05 bits per heavy atom. The first-order valence-corrected chi connectivity index (χ1v) is 14.4. The molecule has 1 saturated heterocycles. The van der Waals surface area contributed by atoms with Crippen LogP contribution < -0.4 is 5.32 Å². The van der Waals surface area contributed by atoms with Crippen LogP contribution in [0.4, 0.5) is 0 Å². The third-order valence-corrected chi connectivity index (χ3v) is 9.28. The van der Waals surface area contributed by atoms with E-state index in [4.69, 9.17) is 4.74 Å². The highest BCUT2D eigenvalue weighted by molar-refractivity contribution is 5.76. The molecular formula is C32H44N2O3. The molecule has 2 aromatic rings. The molecule has 1 heterocycles. The minimum Gasteiger partial charge on any atom is -0.508 e. The second kappa shape index (κ2) is 11.6. The molecule has 3 atom stereocenters. The summed E-state index contributed by atoms with van der Waals surface area (Å²) in [6.07, 6.45) is 11.2. The molecule has 0 aromatic heterocycles. The number of benzene rings is 2. The predicted octanol–water partition coefficient (Wildman–Crippen LogP) is 5.60. The molecule has 37 heavy (non-hydrogen) atoms. The van der Waals surface area contributed by atoms with Gasteiger partial charge in [-0.1, -0.05) is 48.9 Å². The summed E-state index contributed by atoms with van der Waals surface area (Å²) >= 11 is 0. The topological polar surface area (TPSA) is 61.8 Å². The number of phenolic OH excluding ortho intramolecular Hbond substituents is 1. The lowest BCUT2D eigenvalue weighted by atomic mass is 9.55. The molecule has 5 nitrogen and oxygen atoms in total. The van der Waals surface area contributed by atoms with Crippen LogP contribution in [0.15, 0.2) is 54.6 Å². The quantitative estimate of drug-likeness (QED) is 0.391. The monoisotopic (exact) mass is 504 g/mol. The molecule has 5 heteroatoms. The average molecular weight is 505 g/mol. The Balaban J connectivity index is 1.22. The molecule has 0 radical (unpaired) electrons. The fraction of sp³-hybridized carbons (Fsp3) is 0.594. The fourth-order valence-electron chi connectivity index (χ4n) is 7.08. The lowest BCUT2D eigenvalue weighted by Gasteiger charge is -2.60. The number of carbonyl (C=O) groups excluding carboxylic acids is 1. The molecule has 200 valence electrons. The van der Waals surface area contributed by atoms with Crippen LogP contribution in [0.1, 0.15) is 75.3 Å². The summed E-state index contributed by atoms with van der Waals surface area (Å²) in [5.74, 6) is 1.33. The van der Waals surface area contributed by atoms with Crippen molar-refractivity contribution in [1.82, 2.24) is 10.2 Å². The van der Waals surface area contributed by atoms with Gasteiger partial charge in [-0.25, -0.2) is 0 Å². The van der Waals surface area contributed by atoms with Gasteiger partial charge in [0.2, 0.25) is 5.91 Å². The largest absolute Gasteiger partial charge is 0.508 e. The van der Waals surface area contributed by atoms with Crippen molar-refractivity contribution >= 4 is 5.91 Å². The van der Waals surface area contributed by atoms with Gasteiger partial charge in [0, 0.05) is 38.1 Å². The van der Waals surface area contributed by atoms with Crippen molar-refractivity contribution in [3.63, 3.8) is 0 Å². The fourth-order valence-corrected chi connectivity index (χ4v) is 7.08. The second-order valence-electron chi connectivity index (χ2n) is 11.8. The number of ether oxygens (including phenoxy) is 1. The number of aryl methyl sites for hydroxylation is 1. The third kappa shape index (κ3) is 6.04. The zero-order chi connectivity index (χ0) is 25.7. The number of methoxy groups -OCH3 is 1. The van der Waals surface area contributed by atoms with Crippen molar-refractivity contribution in [3.8, 4) is 5.75 Å². The highest BCUT2D eigenvalue weighted by Crippen LogP contribution is 2.54. The minimum absolute atomic E-state index is 0.137. The van der Waals surface area contributed by atoms with Crippen LogP contribution in [0.25, 0.3) is 0 Å². The number of phenols is 1. The average Bonchev–Trinajstić information content (AvgIpc) is 3.73. The Morgan fingerprint density at radius 2 is 1.89 bits per heavy atom.